The molecule has 0 amide bonds. The third-order valence-electron chi connectivity index (χ3n) is 3.72. The molecule has 2 rings (SSSR count). The zero-order valence-electron chi connectivity index (χ0n) is 12.6. The second kappa shape index (κ2) is 8.02. The molecule has 1 fully saturated rings. The first-order chi connectivity index (χ1) is 9.65. The van der Waals surface area contributed by atoms with Crippen LogP contribution in [-0.2, 0) is 11.2 Å². The normalized spacial score (nSPS) is 16.6. The third-order valence-corrected chi connectivity index (χ3v) is 4.08. The lowest BCUT2D eigenvalue weighted by Gasteiger charge is -2.19. The Bertz CT molecular complexity index is 404. The van der Waals surface area contributed by atoms with E-state index in [4.69, 9.17) is 16.3 Å². The molecule has 0 aliphatic heterocycles. The number of hydrogen-bond donors (Lipinski definition) is 1. The molecule has 3 heteroatoms. The van der Waals surface area contributed by atoms with Crippen LogP contribution in [0.15, 0.2) is 24.3 Å². The molecular formula is C17H26ClNO. The van der Waals surface area contributed by atoms with E-state index in [2.05, 4.69) is 31.3 Å². The quantitative estimate of drug-likeness (QED) is 0.741. The lowest BCUT2D eigenvalue weighted by molar-refractivity contribution is 0.0682. The van der Waals surface area contributed by atoms with E-state index in [0.717, 1.165) is 37.1 Å². The minimum absolute atomic E-state index is 0.312. The van der Waals surface area contributed by atoms with E-state index in [0.29, 0.717) is 12.0 Å². The molecule has 1 atom stereocenters. The largest absolute Gasteiger partial charge is 0.379 e. The van der Waals surface area contributed by atoms with Crippen molar-refractivity contribution < 1.29 is 4.74 Å². The van der Waals surface area contributed by atoms with Gasteiger partial charge in [-0.15, -0.1) is 0 Å². The predicted octanol–water partition coefficient (Wildman–Crippen LogP) is 4.07. The molecule has 0 radical (unpaired) electrons. The lowest BCUT2D eigenvalue weighted by Crippen LogP contribution is -2.27. The van der Waals surface area contributed by atoms with Gasteiger partial charge in [0, 0.05) is 17.7 Å². The Labute approximate surface area is 127 Å². The summed E-state index contributed by atoms with van der Waals surface area (Å²) in [6, 6.07) is 8.93. The van der Waals surface area contributed by atoms with Crippen LogP contribution >= 0.6 is 11.6 Å². The fourth-order valence-corrected chi connectivity index (χ4v) is 2.56. The summed E-state index contributed by atoms with van der Waals surface area (Å²) in [5.74, 6) is 0.592. The van der Waals surface area contributed by atoms with E-state index < -0.39 is 0 Å². The number of rotatable bonds is 9. The summed E-state index contributed by atoms with van der Waals surface area (Å²) in [5, 5.41) is 4.52. The van der Waals surface area contributed by atoms with E-state index in [1.807, 2.05) is 12.1 Å². The smallest absolute Gasteiger partial charge is 0.0518 e. The first-order valence-electron chi connectivity index (χ1n) is 7.73. The van der Waals surface area contributed by atoms with Crippen molar-refractivity contribution in [2.75, 3.05) is 13.2 Å². The Morgan fingerprint density at radius 2 is 2.05 bits per heavy atom. The van der Waals surface area contributed by atoms with E-state index >= 15 is 0 Å². The predicted molar refractivity (Wildman–Crippen MR) is 85.4 cm³/mol. The summed E-state index contributed by atoms with van der Waals surface area (Å²) in [7, 11) is 0. The zero-order valence-corrected chi connectivity index (χ0v) is 13.3. The van der Waals surface area contributed by atoms with Crippen LogP contribution in [0.3, 0.4) is 0 Å². The van der Waals surface area contributed by atoms with Crippen LogP contribution in [0.1, 0.15) is 38.7 Å². The topological polar surface area (TPSA) is 21.3 Å². The van der Waals surface area contributed by atoms with E-state index in [1.54, 1.807) is 0 Å². The van der Waals surface area contributed by atoms with Gasteiger partial charge in [-0.05, 0) is 63.6 Å². The number of nitrogens with one attached hydrogen (secondary N) is 1. The molecule has 0 bridgehead atoms. The average molecular weight is 296 g/mol. The van der Waals surface area contributed by atoms with Crippen LogP contribution in [0.25, 0.3) is 0 Å². The first-order valence-corrected chi connectivity index (χ1v) is 8.11. The van der Waals surface area contributed by atoms with E-state index in [-0.39, 0.29) is 0 Å². The fourth-order valence-electron chi connectivity index (χ4n) is 2.34. The van der Waals surface area contributed by atoms with Gasteiger partial charge < -0.3 is 10.1 Å². The van der Waals surface area contributed by atoms with Gasteiger partial charge in [0.25, 0.3) is 0 Å². The van der Waals surface area contributed by atoms with Gasteiger partial charge in [-0.3, -0.25) is 0 Å². The van der Waals surface area contributed by atoms with Crippen LogP contribution in [0, 0.1) is 5.92 Å². The third kappa shape index (κ3) is 5.82. The van der Waals surface area contributed by atoms with Crippen molar-refractivity contribution in [2.24, 2.45) is 5.92 Å². The van der Waals surface area contributed by atoms with Gasteiger partial charge in [0.1, 0.15) is 0 Å². The summed E-state index contributed by atoms with van der Waals surface area (Å²) in [6.45, 7) is 6.08. The molecule has 0 aromatic heterocycles. The molecule has 2 nitrogen and oxygen atoms in total. The summed E-state index contributed by atoms with van der Waals surface area (Å²) >= 11 is 6.28. The summed E-state index contributed by atoms with van der Waals surface area (Å²) in [5.41, 5.74) is 1.25. The number of hydrogen-bond acceptors (Lipinski definition) is 2. The minimum atomic E-state index is 0.312. The Balaban J connectivity index is 1.85. The number of ether oxygens (including phenoxy) is 1. The first kappa shape index (κ1) is 15.8. The van der Waals surface area contributed by atoms with Crippen LogP contribution < -0.4 is 5.32 Å². The highest BCUT2D eigenvalue weighted by atomic mass is 35.5. The molecule has 0 saturated heterocycles. The maximum absolute atomic E-state index is 6.28. The Hall–Kier alpha value is -0.570. The summed E-state index contributed by atoms with van der Waals surface area (Å²) in [6.07, 6.45) is 5.10. The lowest BCUT2D eigenvalue weighted by atomic mass is 9.96. The van der Waals surface area contributed by atoms with Crippen molar-refractivity contribution in [3.63, 3.8) is 0 Å². The molecule has 1 N–H and O–H groups in total. The summed E-state index contributed by atoms with van der Waals surface area (Å²) in [4.78, 5) is 0. The highest BCUT2D eigenvalue weighted by Gasteiger charge is 2.22. The van der Waals surface area contributed by atoms with Crippen molar-refractivity contribution in [1.29, 1.82) is 0 Å². The Kier molecular flexibility index (Phi) is 6.34. The van der Waals surface area contributed by atoms with Gasteiger partial charge in [0.2, 0.25) is 0 Å². The molecule has 20 heavy (non-hydrogen) atoms. The molecule has 0 heterocycles. The molecule has 1 aliphatic carbocycles. The van der Waals surface area contributed by atoms with Gasteiger partial charge >= 0.3 is 0 Å². The van der Waals surface area contributed by atoms with E-state index in [1.165, 1.54) is 18.4 Å². The van der Waals surface area contributed by atoms with Gasteiger partial charge in [-0.2, -0.15) is 0 Å². The molecule has 0 spiro atoms. The highest BCUT2D eigenvalue weighted by Crippen LogP contribution is 2.23. The molecule has 1 saturated carbocycles. The molecule has 1 aromatic rings. The van der Waals surface area contributed by atoms with Gasteiger partial charge in [-0.25, -0.2) is 0 Å². The second-order valence-electron chi connectivity index (χ2n) is 6.05. The minimum Gasteiger partial charge on any atom is -0.379 e. The van der Waals surface area contributed by atoms with Crippen molar-refractivity contribution in [1.82, 2.24) is 5.32 Å². The second-order valence-corrected chi connectivity index (χ2v) is 6.46. The Morgan fingerprint density at radius 1 is 1.30 bits per heavy atom. The van der Waals surface area contributed by atoms with Crippen LogP contribution in [-0.4, -0.2) is 25.3 Å². The highest BCUT2D eigenvalue weighted by molar-refractivity contribution is 6.31. The molecular weight excluding hydrogens is 270 g/mol. The number of benzene rings is 1. The van der Waals surface area contributed by atoms with Crippen molar-refractivity contribution in [3.05, 3.63) is 34.9 Å². The average Bonchev–Trinajstić information content (AvgIpc) is 3.22. The van der Waals surface area contributed by atoms with Crippen LogP contribution in [0.4, 0.5) is 0 Å². The molecule has 112 valence electrons. The van der Waals surface area contributed by atoms with Crippen LogP contribution in [0.5, 0.6) is 0 Å². The van der Waals surface area contributed by atoms with Crippen molar-refractivity contribution >= 4 is 11.6 Å². The molecule has 1 aliphatic rings. The monoisotopic (exact) mass is 295 g/mol. The Morgan fingerprint density at radius 3 is 2.70 bits per heavy atom. The molecule has 1 aromatic carbocycles. The van der Waals surface area contributed by atoms with Crippen molar-refractivity contribution in [3.8, 4) is 0 Å². The maximum atomic E-state index is 6.28. The standard InChI is InChI=1S/C17H26ClNO/c1-13(2)20-10-9-14(12-19-16-7-8-16)11-15-5-3-4-6-17(15)18/h3-6,13-14,16,19H,7-12H2,1-2H3. The fraction of sp³-hybridized carbons (Fsp3) is 0.647. The van der Waals surface area contributed by atoms with Gasteiger partial charge in [0.15, 0.2) is 0 Å². The zero-order chi connectivity index (χ0) is 14.4. The van der Waals surface area contributed by atoms with E-state index in [9.17, 15) is 0 Å². The van der Waals surface area contributed by atoms with Crippen LogP contribution in [0.2, 0.25) is 5.02 Å². The van der Waals surface area contributed by atoms with Gasteiger partial charge in [0.05, 0.1) is 6.10 Å². The SMILES string of the molecule is CC(C)OCCC(CNC1CC1)Cc1ccccc1Cl. The number of halogens is 1. The molecule has 1 unspecified atom stereocenters. The van der Waals surface area contributed by atoms with Crippen molar-refractivity contribution in [2.45, 2.75) is 51.7 Å². The van der Waals surface area contributed by atoms with Gasteiger partial charge in [-0.1, -0.05) is 29.8 Å². The maximum Gasteiger partial charge on any atom is 0.0518 e. The summed E-state index contributed by atoms with van der Waals surface area (Å²) < 4.78 is 5.70.